The van der Waals surface area contributed by atoms with E-state index in [2.05, 4.69) is 35.0 Å². The largest absolute Gasteiger partial charge is 0.303 e. The first-order chi connectivity index (χ1) is 16.1. The van der Waals surface area contributed by atoms with E-state index in [0.29, 0.717) is 9.72 Å². The second-order valence-corrected chi connectivity index (χ2v) is 10.2. The molecule has 6 heteroatoms. The molecule has 4 aromatic rings. The van der Waals surface area contributed by atoms with Crippen LogP contribution in [0.2, 0.25) is 5.02 Å². The highest BCUT2D eigenvalue weighted by Gasteiger charge is 2.14. The molecule has 2 aromatic carbocycles. The highest BCUT2D eigenvalue weighted by Crippen LogP contribution is 2.31. The Balaban J connectivity index is 1.41. The van der Waals surface area contributed by atoms with Crippen molar-refractivity contribution in [3.05, 3.63) is 81.4 Å². The van der Waals surface area contributed by atoms with Crippen molar-refractivity contribution in [1.82, 2.24) is 14.5 Å². The highest BCUT2D eigenvalue weighted by atomic mass is 35.5. The number of rotatable bonds is 7. The summed E-state index contributed by atoms with van der Waals surface area (Å²) in [5.41, 5.74) is 5.35. The summed E-state index contributed by atoms with van der Waals surface area (Å²) in [6.07, 6.45) is 7.56. The molecule has 0 aliphatic carbocycles. The summed E-state index contributed by atoms with van der Waals surface area (Å²) in [6.45, 7) is 5.87. The van der Waals surface area contributed by atoms with Crippen molar-refractivity contribution in [2.45, 2.75) is 39.0 Å². The number of hydrogen-bond donors (Lipinski definition) is 0. The molecule has 1 aliphatic rings. The maximum Gasteiger partial charge on any atom is 0.275 e. The average Bonchev–Trinajstić information content (AvgIpc) is 3.51. The zero-order valence-electron chi connectivity index (χ0n) is 18.9. The van der Waals surface area contributed by atoms with E-state index in [1.165, 1.54) is 61.4 Å². The number of nitrogens with zero attached hydrogens (tertiary/aromatic N) is 3. The van der Waals surface area contributed by atoms with Gasteiger partial charge in [-0.1, -0.05) is 36.7 Å². The Morgan fingerprint density at radius 2 is 1.82 bits per heavy atom. The normalized spacial score (nSPS) is 14.4. The van der Waals surface area contributed by atoms with Crippen LogP contribution in [0.15, 0.2) is 59.7 Å². The van der Waals surface area contributed by atoms with Gasteiger partial charge in [-0.25, -0.2) is 4.98 Å². The Morgan fingerprint density at radius 3 is 2.58 bits per heavy atom. The van der Waals surface area contributed by atoms with Gasteiger partial charge in [-0.05, 0) is 98.8 Å². The Kier molecular flexibility index (Phi) is 6.63. The van der Waals surface area contributed by atoms with Crippen molar-refractivity contribution in [1.29, 1.82) is 0 Å². The highest BCUT2D eigenvalue weighted by molar-refractivity contribution is 7.22. The van der Waals surface area contributed by atoms with Gasteiger partial charge in [0.15, 0.2) is 0 Å². The lowest BCUT2D eigenvalue weighted by Crippen LogP contribution is -2.21. The third kappa shape index (κ3) is 4.77. The van der Waals surface area contributed by atoms with E-state index in [4.69, 9.17) is 11.6 Å². The van der Waals surface area contributed by atoms with Crippen LogP contribution in [-0.2, 0) is 12.8 Å². The third-order valence-electron chi connectivity index (χ3n) is 6.53. The van der Waals surface area contributed by atoms with Gasteiger partial charge >= 0.3 is 0 Å². The molecule has 0 amide bonds. The molecular weight excluding hydrogens is 450 g/mol. The molecule has 0 saturated carbocycles. The fraction of sp³-hybridized carbons (Fsp3) is 0.333. The second kappa shape index (κ2) is 9.80. The lowest BCUT2D eigenvalue weighted by molar-refractivity contribution is 0.334. The Labute approximate surface area is 203 Å². The second-order valence-electron chi connectivity index (χ2n) is 8.71. The molecule has 0 unspecified atom stereocenters. The topological polar surface area (TPSA) is 38.1 Å². The molecule has 0 atom stereocenters. The van der Waals surface area contributed by atoms with Crippen LogP contribution in [0.5, 0.6) is 0 Å². The van der Waals surface area contributed by atoms with E-state index < -0.39 is 0 Å². The lowest BCUT2D eigenvalue weighted by Gasteiger charge is -2.16. The average molecular weight is 478 g/mol. The number of likely N-dealkylation sites (tertiary alicyclic amines) is 1. The van der Waals surface area contributed by atoms with Gasteiger partial charge in [0.1, 0.15) is 11.0 Å². The first kappa shape index (κ1) is 22.3. The fourth-order valence-electron chi connectivity index (χ4n) is 4.69. The predicted octanol–water partition coefficient (Wildman–Crippen LogP) is 6.36. The Hall–Kier alpha value is -2.47. The van der Waals surface area contributed by atoms with E-state index in [-0.39, 0.29) is 5.56 Å². The summed E-state index contributed by atoms with van der Waals surface area (Å²) in [5.74, 6) is 0. The van der Waals surface area contributed by atoms with Gasteiger partial charge in [-0.2, -0.15) is 0 Å². The van der Waals surface area contributed by atoms with Gasteiger partial charge in [0.25, 0.3) is 5.56 Å². The molecule has 0 bridgehead atoms. The van der Waals surface area contributed by atoms with Crippen molar-refractivity contribution in [2.24, 2.45) is 0 Å². The minimum absolute atomic E-state index is 0.0194. The van der Waals surface area contributed by atoms with Gasteiger partial charge in [-0.3, -0.25) is 9.36 Å². The monoisotopic (exact) mass is 477 g/mol. The molecule has 0 spiro atoms. The number of fused-ring (bicyclic) bond motifs is 1. The minimum atomic E-state index is -0.0194. The van der Waals surface area contributed by atoms with Gasteiger partial charge < -0.3 is 4.90 Å². The number of aromatic nitrogens is 2. The number of halogens is 1. The van der Waals surface area contributed by atoms with Crippen molar-refractivity contribution >= 4 is 33.2 Å². The van der Waals surface area contributed by atoms with E-state index in [0.717, 1.165) is 34.5 Å². The maximum atomic E-state index is 13.3. The van der Waals surface area contributed by atoms with Gasteiger partial charge in [0.05, 0.1) is 11.2 Å². The van der Waals surface area contributed by atoms with Gasteiger partial charge in [0, 0.05) is 9.90 Å². The molecule has 2 aromatic heterocycles. The van der Waals surface area contributed by atoms with Crippen LogP contribution in [0.1, 0.15) is 37.3 Å². The molecule has 4 nitrogen and oxygen atoms in total. The summed E-state index contributed by atoms with van der Waals surface area (Å²) in [6, 6.07) is 16.1. The molecule has 0 radical (unpaired) electrons. The SMILES string of the molecule is CCc1cc(-n2cnc3cc(-c4ccc(Cl)cc4)sc3c2=O)ccc1CCCN1CCCC1. The van der Waals surface area contributed by atoms with E-state index in [9.17, 15) is 4.79 Å². The van der Waals surface area contributed by atoms with Crippen LogP contribution >= 0.6 is 22.9 Å². The van der Waals surface area contributed by atoms with Crippen LogP contribution in [-0.4, -0.2) is 34.1 Å². The molecular formula is C27H28ClN3OS. The number of thiophene rings is 1. The molecule has 1 saturated heterocycles. The van der Waals surface area contributed by atoms with Gasteiger partial charge in [-0.15, -0.1) is 11.3 Å². The molecule has 1 fully saturated rings. The number of aryl methyl sites for hydroxylation is 2. The van der Waals surface area contributed by atoms with E-state index in [1.54, 1.807) is 10.9 Å². The standard InChI is InChI=1S/C27H28ClN3OS/c1-2-19-16-23(12-9-20(19)6-5-15-30-13-3-4-14-30)31-18-29-24-17-25(33-26(24)27(31)32)21-7-10-22(28)11-8-21/h7-12,16-18H,2-6,13-15H2,1H3. The van der Waals surface area contributed by atoms with E-state index in [1.807, 2.05) is 30.3 Å². The minimum Gasteiger partial charge on any atom is -0.303 e. The molecule has 3 heterocycles. The summed E-state index contributed by atoms with van der Waals surface area (Å²) in [4.78, 5) is 21.5. The van der Waals surface area contributed by atoms with Crippen molar-refractivity contribution in [2.75, 3.05) is 19.6 Å². The van der Waals surface area contributed by atoms with Gasteiger partial charge in [0.2, 0.25) is 0 Å². The van der Waals surface area contributed by atoms with Crippen LogP contribution < -0.4 is 5.56 Å². The predicted molar refractivity (Wildman–Crippen MR) is 139 cm³/mol. The van der Waals surface area contributed by atoms with E-state index >= 15 is 0 Å². The fourth-order valence-corrected chi connectivity index (χ4v) is 5.86. The van der Waals surface area contributed by atoms with Crippen molar-refractivity contribution < 1.29 is 0 Å². The summed E-state index contributed by atoms with van der Waals surface area (Å²) >= 11 is 7.50. The first-order valence-electron chi connectivity index (χ1n) is 11.7. The molecule has 1 aliphatic heterocycles. The Morgan fingerprint density at radius 1 is 1.03 bits per heavy atom. The Bertz CT molecular complexity index is 1320. The van der Waals surface area contributed by atoms with Crippen LogP contribution in [0.25, 0.3) is 26.3 Å². The molecule has 170 valence electrons. The molecule has 33 heavy (non-hydrogen) atoms. The summed E-state index contributed by atoms with van der Waals surface area (Å²) < 4.78 is 2.35. The van der Waals surface area contributed by atoms with Crippen LogP contribution in [0.3, 0.4) is 0 Å². The zero-order chi connectivity index (χ0) is 22.8. The first-order valence-corrected chi connectivity index (χ1v) is 12.9. The lowest BCUT2D eigenvalue weighted by atomic mass is 10.00. The quantitative estimate of drug-likeness (QED) is 0.311. The smallest absolute Gasteiger partial charge is 0.275 e. The van der Waals surface area contributed by atoms with Crippen LogP contribution in [0.4, 0.5) is 0 Å². The molecule has 0 N–H and O–H groups in total. The maximum absolute atomic E-state index is 13.3. The van der Waals surface area contributed by atoms with Crippen molar-refractivity contribution in [3.63, 3.8) is 0 Å². The van der Waals surface area contributed by atoms with Crippen LogP contribution in [0, 0.1) is 0 Å². The number of benzene rings is 2. The summed E-state index contributed by atoms with van der Waals surface area (Å²) in [7, 11) is 0. The summed E-state index contributed by atoms with van der Waals surface area (Å²) in [5, 5.41) is 0.701. The van der Waals surface area contributed by atoms with Crippen molar-refractivity contribution in [3.8, 4) is 16.1 Å². The third-order valence-corrected chi connectivity index (χ3v) is 7.95. The molecule has 5 rings (SSSR count). The zero-order valence-corrected chi connectivity index (χ0v) is 20.5. The number of hydrogen-bond acceptors (Lipinski definition) is 4.